The third-order valence-electron chi connectivity index (χ3n) is 3.86. The molecular formula is C19H15F2N3O3S. The van der Waals surface area contributed by atoms with E-state index in [0.29, 0.717) is 10.8 Å². The number of halogens is 2. The Bertz CT molecular complexity index is 1040. The van der Waals surface area contributed by atoms with Crippen LogP contribution in [0.1, 0.15) is 20.8 Å². The number of carbonyl (C=O) groups is 2. The Balaban J connectivity index is 1.95. The Morgan fingerprint density at radius 2 is 1.86 bits per heavy atom. The largest absolute Gasteiger partial charge is 0.465 e. The summed E-state index contributed by atoms with van der Waals surface area (Å²) in [5, 5.41) is 3.14. The number of rotatable bonds is 5. The van der Waals surface area contributed by atoms with Crippen molar-refractivity contribution in [3.8, 4) is 5.69 Å². The molecule has 0 saturated heterocycles. The Kier molecular flexibility index (Phi) is 5.74. The number of amides is 1. The zero-order chi connectivity index (χ0) is 20.3. The van der Waals surface area contributed by atoms with E-state index in [9.17, 15) is 18.4 Å². The van der Waals surface area contributed by atoms with Crippen molar-refractivity contribution in [1.82, 2.24) is 9.55 Å². The summed E-state index contributed by atoms with van der Waals surface area (Å²) in [6.45, 7) is 0. The van der Waals surface area contributed by atoms with Gasteiger partial charge in [0.1, 0.15) is 17.3 Å². The number of methoxy groups -OCH3 is 1. The lowest BCUT2D eigenvalue weighted by molar-refractivity contribution is 0.0595. The second-order valence-corrected chi connectivity index (χ2v) is 6.36. The number of esters is 1. The number of ether oxygens (including phenoxy) is 1. The van der Waals surface area contributed by atoms with E-state index >= 15 is 0 Å². The van der Waals surface area contributed by atoms with Crippen LogP contribution in [0.5, 0.6) is 0 Å². The molecule has 1 aromatic heterocycles. The van der Waals surface area contributed by atoms with Crippen LogP contribution < -0.4 is 5.32 Å². The maximum absolute atomic E-state index is 13.8. The van der Waals surface area contributed by atoms with Gasteiger partial charge in [0, 0.05) is 11.4 Å². The topological polar surface area (TPSA) is 73.2 Å². The molecular weight excluding hydrogens is 388 g/mol. The van der Waals surface area contributed by atoms with Gasteiger partial charge in [-0.2, -0.15) is 0 Å². The Morgan fingerprint density at radius 3 is 2.50 bits per heavy atom. The van der Waals surface area contributed by atoms with Gasteiger partial charge in [-0.1, -0.05) is 11.8 Å². The van der Waals surface area contributed by atoms with E-state index in [1.807, 2.05) is 0 Å². The summed E-state index contributed by atoms with van der Waals surface area (Å²) in [6.07, 6.45) is 3.18. The molecule has 1 heterocycles. The standard InChI is InChI=1S/C19H15F2N3O3S/c1-27-18(26)14-9-12(5-8-15(14)21)23-17(25)16-10-22-19(28-2)24(16)13-6-3-11(20)4-7-13/h3-10H,1-2H3,(H,23,25). The summed E-state index contributed by atoms with van der Waals surface area (Å²) < 4.78 is 33.1. The first kappa shape index (κ1) is 19.6. The lowest BCUT2D eigenvalue weighted by Gasteiger charge is -2.12. The normalized spacial score (nSPS) is 10.6. The number of nitrogens with one attached hydrogen (secondary N) is 1. The van der Waals surface area contributed by atoms with Gasteiger partial charge in [0.05, 0.1) is 18.9 Å². The van der Waals surface area contributed by atoms with Crippen LogP contribution in [0.4, 0.5) is 14.5 Å². The number of imidazole rings is 1. The smallest absolute Gasteiger partial charge is 0.340 e. The molecule has 6 nitrogen and oxygen atoms in total. The number of thioether (sulfide) groups is 1. The number of nitrogens with zero attached hydrogens (tertiary/aromatic N) is 2. The highest BCUT2D eigenvalue weighted by atomic mass is 32.2. The average Bonchev–Trinajstić information content (AvgIpc) is 3.13. The zero-order valence-electron chi connectivity index (χ0n) is 14.9. The van der Waals surface area contributed by atoms with E-state index in [0.717, 1.165) is 13.2 Å². The molecule has 9 heteroatoms. The van der Waals surface area contributed by atoms with Crippen LogP contribution in [0.15, 0.2) is 53.8 Å². The fraction of sp³-hybridized carbons (Fsp3) is 0.105. The summed E-state index contributed by atoms with van der Waals surface area (Å²) in [6, 6.07) is 9.20. The van der Waals surface area contributed by atoms with E-state index in [4.69, 9.17) is 0 Å². The molecule has 28 heavy (non-hydrogen) atoms. The van der Waals surface area contributed by atoms with Crippen molar-refractivity contribution in [2.45, 2.75) is 5.16 Å². The summed E-state index contributed by atoms with van der Waals surface area (Å²) in [5.41, 5.74) is 0.671. The first-order valence-corrected chi connectivity index (χ1v) is 9.24. The van der Waals surface area contributed by atoms with Crippen LogP contribution in [0.2, 0.25) is 0 Å². The predicted octanol–water partition coefficient (Wildman–Crippen LogP) is 3.91. The zero-order valence-corrected chi connectivity index (χ0v) is 15.7. The highest BCUT2D eigenvalue weighted by molar-refractivity contribution is 7.98. The molecule has 0 atom stereocenters. The Labute approximate surface area is 163 Å². The highest BCUT2D eigenvalue weighted by Crippen LogP contribution is 2.23. The molecule has 3 aromatic rings. The molecule has 0 aliphatic rings. The quantitative estimate of drug-likeness (QED) is 0.517. The second kappa shape index (κ2) is 8.22. The van der Waals surface area contributed by atoms with Crippen molar-refractivity contribution in [2.24, 2.45) is 0 Å². The van der Waals surface area contributed by atoms with E-state index in [1.54, 1.807) is 10.8 Å². The Hall–Kier alpha value is -3.20. The lowest BCUT2D eigenvalue weighted by Crippen LogP contribution is -2.17. The molecule has 144 valence electrons. The van der Waals surface area contributed by atoms with Crippen LogP contribution in [0.3, 0.4) is 0 Å². The van der Waals surface area contributed by atoms with Crippen molar-refractivity contribution < 1.29 is 23.1 Å². The van der Waals surface area contributed by atoms with Crippen LogP contribution in [-0.4, -0.2) is 34.8 Å². The third kappa shape index (κ3) is 3.89. The molecule has 0 unspecified atom stereocenters. The maximum Gasteiger partial charge on any atom is 0.340 e. The van der Waals surface area contributed by atoms with Gasteiger partial charge in [0.15, 0.2) is 5.16 Å². The molecule has 0 aliphatic carbocycles. The van der Waals surface area contributed by atoms with Crippen LogP contribution in [0, 0.1) is 11.6 Å². The van der Waals surface area contributed by atoms with Gasteiger partial charge < -0.3 is 10.1 Å². The van der Waals surface area contributed by atoms with E-state index < -0.39 is 23.5 Å². The average molecular weight is 403 g/mol. The molecule has 0 radical (unpaired) electrons. The van der Waals surface area contributed by atoms with Gasteiger partial charge in [-0.3, -0.25) is 9.36 Å². The molecule has 0 saturated carbocycles. The minimum atomic E-state index is -0.852. The first-order chi connectivity index (χ1) is 13.4. The molecule has 2 aromatic carbocycles. The van der Waals surface area contributed by atoms with Crippen molar-refractivity contribution in [1.29, 1.82) is 0 Å². The van der Waals surface area contributed by atoms with E-state index in [-0.39, 0.29) is 16.9 Å². The lowest BCUT2D eigenvalue weighted by atomic mass is 10.2. The molecule has 0 bridgehead atoms. The Morgan fingerprint density at radius 1 is 1.14 bits per heavy atom. The SMILES string of the molecule is COC(=O)c1cc(NC(=O)c2cnc(SC)n2-c2ccc(F)cc2)ccc1F. The number of aromatic nitrogens is 2. The summed E-state index contributed by atoms with van der Waals surface area (Å²) in [5.74, 6) is -2.54. The second-order valence-electron chi connectivity index (χ2n) is 5.58. The van der Waals surface area contributed by atoms with Crippen LogP contribution >= 0.6 is 11.8 Å². The number of carbonyl (C=O) groups excluding carboxylic acids is 2. The van der Waals surface area contributed by atoms with Crippen LogP contribution in [-0.2, 0) is 4.74 Å². The van der Waals surface area contributed by atoms with E-state index in [1.165, 1.54) is 54.4 Å². The fourth-order valence-electron chi connectivity index (χ4n) is 2.54. The van der Waals surface area contributed by atoms with Gasteiger partial charge in [-0.05, 0) is 48.7 Å². The monoisotopic (exact) mass is 403 g/mol. The molecule has 3 rings (SSSR count). The summed E-state index contributed by atoms with van der Waals surface area (Å²) >= 11 is 1.32. The third-order valence-corrected chi connectivity index (χ3v) is 4.51. The van der Waals surface area contributed by atoms with Crippen molar-refractivity contribution >= 4 is 29.3 Å². The van der Waals surface area contributed by atoms with Gasteiger partial charge in [0.2, 0.25) is 0 Å². The first-order valence-electron chi connectivity index (χ1n) is 8.01. The number of anilines is 1. The summed E-state index contributed by atoms with van der Waals surface area (Å²) in [7, 11) is 1.14. The number of hydrogen-bond acceptors (Lipinski definition) is 5. The molecule has 0 fully saturated rings. The number of hydrogen-bond donors (Lipinski definition) is 1. The molecule has 1 amide bonds. The highest BCUT2D eigenvalue weighted by Gasteiger charge is 2.19. The minimum absolute atomic E-state index is 0.194. The van der Waals surface area contributed by atoms with Crippen LogP contribution in [0.25, 0.3) is 5.69 Å². The van der Waals surface area contributed by atoms with Crippen molar-refractivity contribution in [3.05, 3.63) is 71.6 Å². The van der Waals surface area contributed by atoms with Crippen molar-refractivity contribution in [2.75, 3.05) is 18.7 Å². The summed E-state index contributed by atoms with van der Waals surface area (Å²) in [4.78, 5) is 28.6. The number of benzene rings is 2. The predicted molar refractivity (Wildman–Crippen MR) is 101 cm³/mol. The maximum atomic E-state index is 13.8. The van der Waals surface area contributed by atoms with Gasteiger partial charge in [0.25, 0.3) is 5.91 Å². The molecule has 0 aliphatic heterocycles. The van der Waals surface area contributed by atoms with Crippen molar-refractivity contribution in [3.63, 3.8) is 0 Å². The van der Waals surface area contributed by atoms with Gasteiger partial charge >= 0.3 is 5.97 Å². The molecule has 0 spiro atoms. The van der Waals surface area contributed by atoms with Gasteiger partial charge in [-0.15, -0.1) is 0 Å². The van der Waals surface area contributed by atoms with E-state index in [2.05, 4.69) is 15.0 Å². The van der Waals surface area contributed by atoms with Gasteiger partial charge in [-0.25, -0.2) is 18.6 Å². The minimum Gasteiger partial charge on any atom is -0.465 e. The molecule has 1 N–H and O–H groups in total. The fourth-order valence-corrected chi connectivity index (χ4v) is 3.09.